The Labute approximate surface area is 185 Å². The molecule has 160 valence electrons. The van der Waals surface area contributed by atoms with E-state index in [1.807, 2.05) is 80.7 Å². The third kappa shape index (κ3) is 4.37. The first-order valence-electron chi connectivity index (χ1n) is 10.1. The molecule has 0 saturated heterocycles. The Morgan fingerprint density at radius 3 is 2.56 bits per heavy atom. The summed E-state index contributed by atoms with van der Waals surface area (Å²) < 4.78 is 12.7. The number of oxazole rings is 1. The molecule has 0 aliphatic carbocycles. The van der Waals surface area contributed by atoms with Crippen molar-refractivity contribution in [3.63, 3.8) is 0 Å². The lowest BCUT2D eigenvalue weighted by atomic mass is 10.1. The number of benzene rings is 2. The van der Waals surface area contributed by atoms with E-state index in [0.717, 1.165) is 28.3 Å². The van der Waals surface area contributed by atoms with Gasteiger partial charge in [0.15, 0.2) is 0 Å². The van der Waals surface area contributed by atoms with Gasteiger partial charge < -0.3 is 9.15 Å². The normalized spacial score (nSPS) is 11.1. The molecular weight excluding hydrogens is 404 g/mol. The van der Waals surface area contributed by atoms with Crippen LogP contribution in [-0.4, -0.2) is 28.1 Å². The van der Waals surface area contributed by atoms with Crippen LogP contribution in [0.15, 0.2) is 70.3 Å². The zero-order chi connectivity index (χ0) is 22.5. The average molecular weight is 426 g/mol. The summed E-state index contributed by atoms with van der Waals surface area (Å²) in [7, 11) is 1.63. The Kier molecular flexibility index (Phi) is 5.99. The Morgan fingerprint density at radius 2 is 1.91 bits per heavy atom. The molecule has 0 bridgehead atoms. The molecule has 2 aromatic carbocycles. The number of para-hydroxylation sites is 1. The first kappa shape index (κ1) is 20.9. The molecule has 0 radical (unpaired) electrons. The number of anilines is 1. The van der Waals surface area contributed by atoms with Gasteiger partial charge in [0.1, 0.15) is 17.5 Å². The number of rotatable bonds is 7. The maximum absolute atomic E-state index is 9.31. The summed E-state index contributed by atoms with van der Waals surface area (Å²) in [6.07, 6.45) is 3.54. The summed E-state index contributed by atoms with van der Waals surface area (Å²) in [6, 6.07) is 19.5. The highest BCUT2D eigenvalue weighted by molar-refractivity contribution is 5.89. The number of nitrogens with zero attached hydrogens (tertiary/aromatic N) is 5. The van der Waals surface area contributed by atoms with E-state index in [2.05, 4.69) is 15.5 Å². The summed E-state index contributed by atoms with van der Waals surface area (Å²) in [5, 5.41) is 18.4. The molecule has 0 amide bonds. The third-order valence-electron chi connectivity index (χ3n) is 4.74. The smallest absolute Gasteiger partial charge is 0.252 e. The lowest BCUT2D eigenvalue weighted by Gasteiger charge is -2.02. The molecule has 0 aliphatic rings. The molecule has 8 heteroatoms. The monoisotopic (exact) mass is 426 g/mol. The van der Waals surface area contributed by atoms with E-state index in [-0.39, 0.29) is 17.5 Å². The van der Waals surface area contributed by atoms with Crippen molar-refractivity contribution in [2.75, 3.05) is 12.5 Å². The molecular formula is C24H22N6O2. The van der Waals surface area contributed by atoms with Crippen LogP contribution in [0.1, 0.15) is 36.9 Å². The lowest BCUT2D eigenvalue weighted by Crippen LogP contribution is -1.94. The van der Waals surface area contributed by atoms with Gasteiger partial charge in [-0.2, -0.15) is 15.5 Å². The van der Waals surface area contributed by atoms with Crippen molar-refractivity contribution in [1.29, 1.82) is 5.26 Å². The van der Waals surface area contributed by atoms with Crippen LogP contribution >= 0.6 is 0 Å². The molecule has 0 saturated carbocycles. The Morgan fingerprint density at radius 1 is 1.16 bits per heavy atom. The first-order valence-corrected chi connectivity index (χ1v) is 10.1. The van der Waals surface area contributed by atoms with Gasteiger partial charge in [-0.15, -0.1) is 0 Å². The average Bonchev–Trinajstić information content (AvgIpc) is 3.44. The Balaban J connectivity index is 1.67. The largest absolute Gasteiger partial charge is 0.497 e. The minimum atomic E-state index is 0.0624. The zero-order valence-electron chi connectivity index (χ0n) is 18.0. The molecule has 1 N–H and O–H groups in total. The molecule has 32 heavy (non-hydrogen) atoms. The molecule has 4 aromatic rings. The predicted octanol–water partition coefficient (Wildman–Crippen LogP) is 4.98. The van der Waals surface area contributed by atoms with Crippen molar-refractivity contribution in [2.45, 2.75) is 19.8 Å². The van der Waals surface area contributed by atoms with Crippen LogP contribution in [0.2, 0.25) is 0 Å². The Bertz CT molecular complexity index is 1260. The van der Waals surface area contributed by atoms with Gasteiger partial charge in [0.05, 0.1) is 19.0 Å². The predicted molar refractivity (Wildman–Crippen MR) is 122 cm³/mol. The molecule has 0 aliphatic heterocycles. The van der Waals surface area contributed by atoms with E-state index in [0.29, 0.717) is 5.89 Å². The quantitative estimate of drug-likeness (QED) is 0.330. The van der Waals surface area contributed by atoms with Crippen molar-refractivity contribution in [3.05, 3.63) is 77.9 Å². The summed E-state index contributed by atoms with van der Waals surface area (Å²) in [5.41, 5.74) is 6.35. The maximum Gasteiger partial charge on any atom is 0.252 e. The molecule has 0 fully saturated rings. The molecule has 0 atom stereocenters. The summed E-state index contributed by atoms with van der Waals surface area (Å²) in [5.74, 6) is 1.53. The van der Waals surface area contributed by atoms with Gasteiger partial charge in [0.2, 0.25) is 11.6 Å². The SMILES string of the molecule is COc1ccc(-c2nn(-c3ccccc3)cc2/C=N/Nc2oc(C(C)C)nc2C#N)cc1. The standard InChI is InChI=1S/C24H22N6O2/c1-16(2)23-27-21(13-25)24(32-23)28-26-14-18-15-30(19-7-5-4-6-8-19)29-22(18)17-9-11-20(31-3)12-10-17/h4-12,14-16,28H,1-3H3/b26-14+. The number of hydrogen-bond donors (Lipinski definition) is 1. The molecule has 8 nitrogen and oxygen atoms in total. The highest BCUT2D eigenvalue weighted by Gasteiger charge is 2.15. The van der Waals surface area contributed by atoms with E-state index in [9.17, 15) is 5.26 Å². The van der Waals surface area contributed by atoms with Gasteiger partial charge in [-0.3, -0.25) is 0 Å². The van der Waals surface area contributed by atoms with Gasteiger partial charge >= 0.3 is 0 Å². The van der Waals surface area contributed by atoms with E-state index in [4.69, 9.17) is 14.3 Å². The number of aromatic nitrogens is 3. The third-order valence-corrected chi connectivity index (χ3v) is 4.74. The van der Waals surface area contributed by atoms with Gasteiger partial charge in [-0.25, -0.2) is 15.1 Å². The highest BCUT2D eigenvalue weighted by atomic mass is 16.5. The van der Waals surface area contributed by atoms with Crippen LogP contribution in [-0.2, 0) is 0 Å². The summed E-state index contributed by atoms with van der Waals surface area (Å²) >= 11 is 0. The summed E-state index contributed by atoms with van der Waals surface area (Å²) in [6.45, 7) is 3.89. The van der Waals surface area contributed by atoms with Gasteiger partial charge in [0, 0.05) is 23.2 Å². The fourth-order valence-electron chi connectivity index (χ4n) is 3.06. The second-order valence-corrected chi connectivity index (χ2v) is 7.31. The van der Waals surface area contributed by atoms with Gasteiger partial charge in [-0.1, -0.05) is 32.0 Å². The fourth-order valence-corrected chi connectivity index (χ4v) is 3.06. The van der Waals surface area contributed by atoms with Crippen LogP contribution in [0.4, 0.5) is 5.88 Å². The van der Waals surface area contributed by atoms with Crippen LogP contribution in [0.5, 0.6) is 5.75 Å². The molecule has 2 aromatic heterocycles. The van der Waals surface area contributed by atoms with Crippen molar-refractivity contribution in [1.82, 2.24) is 14.8 Å². The minimum Gasteiger partial charge on any atom is -0.497 e. The molecule has 2 heterocycles. The summed E-state index contributed by atoms with van der Waals surface area (Å²) in [4.78, 5) is 4.19. The van der Waals surface area contributed by atoms with Crippen LogP contribution in [0, 0.1) is 11.3 Å². The van der Waals surface area contributed by atoms with Crippen molar-refractivity contribution >= 4 is 12.1 Å². The molecule has 0 unspecified atom stereocenters. The maximum atomic E-state index is 9.31. The minimum absolute atomic E-state index is 0.0624. The number of hydrogen-bond acceptors (Lipinski definition) is 7. The van der Waals surface area contributed by atoms with Crippen LogP contribution < -0.4 is 10.2 Å². The zero-order valence-corrected chi connectivity index (χ0v) is 18.0. The Hall–Kier alpha value is -4.38. The van der Waals surface area contributed by atoms with Crippen molar-refractivity contribution in [2.24, 2.45) is 5.10 Å². The first-order chi connectivity index (χ1) is 15.6. The number of hydrazone groups is 1. The number of methoxy groups -OCH3 is 1. The van der Waals surface area contributed by atoms with Crippen molar-refractivity contribution < 1.29 is 9.15 Å². The van der Waals surface area contributed by atoms with Crippen LogP contribution in [0.25, 0.3) is 16.9 Å². The van der Waals surface area contributed by atoms with E-state index in [1.165, 1.54) is 0 Å². The second kappa shape index (κ2) is 9.18. The topological polar surface area (TPSA) is 101 Å². The lowest BCUT2D eigenvalue weighted by molar-refractivity contribution is 0.415. The van der Waals surface area contributed by atoms with E-state index in [1.54, 1.807) is 18.0 Å². The highest BCUT2D eigenvalue weighted by Crippen LogP contribution is 2.26. The van der Waals surface area contributed by atoms with E-state index < -0.39 is 0 Å². The number of ether oxygens (including phenoxy) is 1. The van der Waals surface area contributed by atoms with Gasteiger partial charge in [0.25, 0.3) is 5.88 Å². The van der Waals surface area contributed by atoms with E-state index >= 15 is 0 Å². The fraction of sp³-hybridized carbons (Fsp3) is 0.167. The number of nitrogens with one attached hydrogen (secondary N) is 1. The molecule has 0 spiro atoms. The molecule has 4 rings (SSSR count). The van der Waals surface area contributed by atoms with Crippen LogP contribution in [0.3, 0.4) is 0 Å². The number of nitriles is 1. The van der Waals surface area contributed by atoms with Gasteiger partial charge in [-0.05, 0) is 36.4 Å². The van der Waals surface area contributed by atoms with Crippen molar-refractivity contribution in [3.8, 4) is 28.8 Å². The second-order valence-electron chi connectivity index (χ2n) is 7.31.